The lowest BCUT2D eigenvalue weighted by atomic mass is 10.1. The molecule has 2 aromatic rings. The van der Waals surface area contributed by atoms with E-state index in [0.717, 1.165) is 6.42 Å². The number of ether oxygens (including phenoxy) is 2. The molecule has 0 aliphatic heterocycles. The minimum atomic E-state index is -0.551. The lowest BCUT2D eigenvalue weighted by Gasteiger charge is -2.13. The molecule has 0 fully saturated rings. The summed E-state index contributed by atoms with van der Waals surface area (Å²) < 4.78 is 11.7. The van der Waals surface area contributed by atoms with Crippen molar-refractivity contribution >= 4 is 33.6 Å². The van der Waals surface area contributed by atoms with Crippen LogP contribution in [0, 0.1) is 11.3 Å². The van der Waals surface area contributed by atoms with E-state index < -0.39 is 5.91 Å². The van der Waals surface area contributed by atoms with E-state index in [1.165, 1.54) is 25.3 Å². The maximum absolute atomic E-state index is 12.3. The third-order valence-electron chi connectivity index (χ3n) is 3.50. The number of carbonyl (C=O) groups is 1. The van der Waals surface area contributed by atoms with E-state index in [2.05, 4.69) is 21.2 Å². The molecule has 0 atom stereocenters. The highest BCUT2D eigenvalue weighted by atomic mass is 79.9. The number of carbonyl (C=O) groups excluding carboxylic acids is 1. The normalized spacial score (nSPS) is 10.8. The van der Waals surface area contributed by atoms with Gasteiger partial charge in [0.2, 0.25) is 0 Å². The van der Waals surface area contributed by atoms with E-state index in [4.69, 9.17) is 9.47 Å². The number of amides is 1. The van der Waals surface area contributed by atoms with Crippen molar-refractivity contribution in [2.45, 2.75) is 13.3 Å². The van der Waals surface area contributed by atoms with Crippen LogP contribution in [0.15, 0.2) is 46.4 Å². The number of rotatable bonds is 7. The van der Waals surface area contributed by atoms with E-state index >= 15 is 0 Å². The number of phenols is 1. The molecule has 0 aliphatic rings. The van der Waals surface area contributed by atoms with Gasteiger partial charge >= 0.3 is 0 Å². The van der Waals surface area contributed by atoms with E-state index in [1.807, 2.05) is 13.0 Å². The Labute approximate surface area is 166 Å². The Bertz CT molecular complexity index is 886. The Hall–Kier alpha value is -2.98. The van der Waals surface area contributed by atoms with Gasteiger partial charge in [0, 0.05) is 5.69 Å². The van der Waals surface area contributed by atoms with E-state index in [-0.39, 0.29) is 11.3 Å². The molecule has 2 N–H and O–H groups in total. The summed E-state index contributed by atoms with van der Waals surface area (Å²) in [7, 11) is 1.52. The molecule has 27 heavy (non-hydrogen) atoms. The van der Waals surface area contributed by atoms with Crippen LogP contribution in [0.2, 0.25) is 0 Å². The van der Waals surface area contributed by atoms with Gasteiger partial charge in [-0.1, -0.05) is 6.92 Å². The quantitative estimate of drug-likeness (QED) is 0.383. The molecule has 0 saturated carbocycles. The highest BCUT2D eigenvalue weighted by Crippen LogP contribution is 2.37. The smallest absolute Gasteiger partial charge is 0.266 e. The molecule has 140 valence electrons. The van der Waals surface area contributed by atoms with Crippen LogP contribution in [0.5, 0.6) is 17.2 Å². The number of benzene rings is 2. The van der Waals surface area contributed by atoms with E-state index in [1.54, 1.807) is 24.3 Å². The second kappa shape index (κ2) is 9.64. The number of hydrogen-bond donors (Lipinski definition) is 2. The van der Waals surface area contributed by atoms with Crippen LogP contribution in [0.1, 0.15) is 18.9 Å². The maximum Gasteiger partial charge on any atom is 0.266 e. The minimum Gasteiger partial charge on any atom is -0.508 e. The first-order valence-electron chi connectivity index (χ1n) is 8.21. The summed E-state index contributed by atoms with van der Waals surface area (Å²) in [6.45, 7) is 2.55. The van der Waals surface area contributed by atoms with Gasteiger partial charge in [-0.25, -0.2) is 0 Å². The lowest BCUT2D eigenvalue weighted by Crippen LogP contribution is -2.13. The fraction of sp³-hybridized carbons (Fsp3) is 0.200. The fourth-order valence-electron chi connectivity index (χ4n) is 2.23. The molecule has 0 bridgehead atoms. The van der Waals surface area contributed by atoms with Crippen molar-refractivity contribution in [3.05, 3.63) is 52.0 Å². The molecule has 7 heteroatoms. The molecule has 0 aromatic heterocycles. The Morgan fingerprint density at radius 2 is 2.04 bits per heavy atom. The van der Waals surface area contributed by atoms with Gasteiger partial charge in [-0.3, -0.25) is 4.79 Å². The average molecular weight is 431 g/mol. The number of hydrogen-bond acceptors (Lipinski definition) is 5. The molecule has 0 heterocycles. The topological polar surface area (TPSA) is 91.6 Å². The van der Waals surface area contributed by atoms with Gasteiger partial charge < -0.3 is 19.9 Å². The van der Waals surface area contributed by atoms with E-state index in [0.29, 0.717) is 33.8 Å². The molecule has 0 spiro atoms. The average Bonchev–Trinajstić information content (AvgIpc) is 2.66. The summed E-state index contributed by atoms with van der Waals surface area (Å²) in [4.78, 5) is 12.3. The first-order chi connectivity index (χ1) is 13.0. The lowest BCUT2D eigenvalue weighted by molar-refractivity contribution is -0.112. The molecular weight excluding hydrogens is 412 g/mol. The van der Waals surface area contributed by atoms with Crippen LogP contribution in [0.3, 0.4) is 0 Å². The number of methoxy groups -OCH3 is 1. The van der Waals surface area contributed by atoms with Gasteiger partial charge in [0.1, 0.15) is 17.4 Å². The molecule has 2 rings (SSSR count). The van der Waals surface area contributed by atoms with Crippen LogP contribution in [-0.4, -0.2) is 24.7 Å². The summed E-state index contributed by atoms with van der Waals surface area (Å²) >= 11 is 3.44. The number of nitrogens with one attached hydrogen (secondary N) is 1. The molecule has 0 radical (unpaired) electrons. The highest BCUT2D eigenvalue weighted by molar-refractivity contribution is 9.10. The summed E-state index contributed by atoms with van der Waals surface area (Å²) in [6.07, 6.45) is 2.32. The number of anilines is 1. The van der Waals surface area contributed by atoms with Crippen LogP contribution in [0.4, 0.5) is 5.69 Å². The second-order valence-corrected chi connectivity index (χ2v) is 6.41. The van der Waals surface area contributed by atoms with E-state index in [9.17, 15) is 15.2 Å². The third-order valence-corrected chi connectivity index (χ3v) is 4.09. The third kappa shape index (κ3) is 5.50. The predicted molar refractivity (Wildman–Crippen MR) is 107 cm³/mol. The zero-order valence-corrected chi connectivity index (χ0v) is 16.5. The summed E-state index contributed by atoms with van der Waals surface area (Å²) in [6, 6.07) is 11.3. The Morgan fingerprint density at radius 3 is 2.63 bits per heavy atom. The van der Waals surface area contributed by atoms with Crippen molar-refractivity contribution in [2.24, 2.45) is 0 Å². The van der Waals surface area contributed by atoms with Crippen LogP contribution in [-0.2, 0) is 4.79 Å². The SMILES string of the molecule is CCCOc1c(Br)cc(/C=C(/C#N)C(=O)Nc2ccc(O)cc2)cc1OC. The van der Waals surface area contributed by atoms with Gasteiger partial charge in [-0.2, -0.15) is 5.26 Å². The molecule has 0 unspecified atom stereocenters. The first-order valence-corrected chi connectivity index (χ1v) is 9.00. The minimum absolute atomic E-state index is 0.0701. The number of nitrogens with zero attached hydrogens (tertiary/aromatic N) is 1. The Balaban J connectivity index is 2.28. The van der Waals surface area contributed by atoms with Crippen molar-refractivity contribution in [3.63, 3.8) is 0 Å². The molecule has 0 saturated heterocycles. The maximum atomic E-state index is 12.3. The summed E-state index contributed by atoms with van der Waals surface area (Å²) in [5, 5.41) is 21.3. The Kier molecular flexibility index (Phi) is 7.26. The van der Waals surface area contributed by atoms with Crippen LogP contribution >= 0.6 is 15.9 Å². The standard InChI is InChI=1S/C20H19BrN2O4/c1-3-8-27-19-17(21)10-13(11-18(19)26-2)9-14(12-22)20(25)23-15-4-6-16(24)7-5-15/h4-7,9-11,24H,3,8H2,1-2H3,(H,23,25)/b14-9-. The number of aromatic hydroxyl groups is 1. The largest absolute Gasteiger partial charge is 0.508 e. The summed E-state index contributed by atoms with van der Waals surface area (Å²) in [5.41, 5.74) is 1.01. The molecule has 0 aliphatic carbocycles. The Morgan fingerprint density at radius 1 is 1.33 bits per heavy atom. The zero-order valence-electron chi connectivity index (χ0n) is 15.0. The number of nitriles is 1. The van der Waals surface area contributed by atoms with Crippen molar-refractivity contribution in [3.8, 4) is 23.3 Å². The summed E-state index contributed by atoms with van der Waals surface area (Å²) in [5.74, 6) is 0.611. The van der Waals surface area contributed by atoms with Gasteiger partial charge in [-0.15, -0.1) is 0 Å². The van der Waals surface area contributed by atoms with Gasteiger partial charge in [0.25, 0.3) is 5.91 Å². The predicted octanol–water partition coefficient (Wildman–Crippen LogP) is 4.50. The van der Waals surface area contributed by atoms with Crippen molar-refractivity contribution in [2.75, 3.05) is 19.0 Å². The fourth-order valence-corrected chi connectivity index (χ4v) is 2.80. The van der Waals surface area contributed by atoms with Crippen LogP contribution in [0.25, 0.3) is 6.08 Å². The van der Waals surface area contributed by atoms with Crippen LogP contribution < -0.4 is 14.8 Å². The second-order valence-electron chi connectivity index (χ2n) is 5.55. The zero-order chi connectivity index (χ0) is 19.8. The van der Waals surface area contributed by atoms with Crippen molar-refractivity contribution in [1.29, 1.82) is 5.26 Å². The number of phenolic OH excluding ortho intramolecular Hbond substituents is 1. The molecule has 6 nitrogen and oxygen atoms in total. The highest BCUT2D eigenvalue weighted by Gasteiger charge is 2.14. The molecular formula is C20H19BrN2O4. The van der Waals surface area contributed by atoms with Gasteiger partial charge in [0.15, 0.2) is 11.5 Å². The van der Waals surface area contributed by atoms with Gasteiger partial charge in [0.05, 0.1) is 18.2 Å². The van der Waals surface area contributed by atoms with Gasteiger partial charge in [-0.05, 0) is 70.4 Å². The van der Waals surface area contributed by atoms with Crippen molar-refractivity contribution in [1.82, 2.24) is 0 Å². The van der Waals surface area contributed by atoms with Crippen molar-refractivity contribution < 1.29 is 19.4 Å². The number of halogens is 1. The monoisotopic (exact) mass is 430 g/mol. The first kappa shape index (κ1) is 20.3. The molecule has 2 aromatic carbocycles. The molecule has 1 amide bonds.